The zero-order valence-corrected chi connectivity index (χ0v) is 14.7. The number of aromatic nitrogens is 2. The number of amides is 1. The largest absolute Gasteiger partial charge is 0.348 e. The lowest BCUT2D eigenvalue weighted by Crippen LogP contribution is -2.34. The number of nitrogens with zero attached hydrogens (tertiary/aromatic N) is 2. The van der Waals surface area contributed by atoms with Crippen LogP contribution in [0.4, 0.5) is 4.39 Å². The first-order chi connectivity index (χ1) is 12.2. The van der Waals surface area contributed by atoms with Crippen molar-refractivity contribution in [3.8, 4) is 10.4 Å². The van der Waals surface area contributed by atoms with Crippen LogP contribution in [0.2, 0.25) is 0 Å². The van der Waals surface area contributed by atoms with Gasteiger partial charge in [-0.2, -0.15) is 0 Å². The highest BCUT2D eigenvalue weighted by Gasteiger charge is 2.18. The van der Waals surface area contributed by atoms with Gasteiger partial charge in [-0.1, -0.05) is 49.2 Å². The second-order valence-corrected chi connectivity index (χ2v) is 7.59. The van der Waals surface area contributed by atoms with Gasteiger partial charge < -0.3 is 5.32 Å². The molecule has 3 aromatic rings. The van der Waals surface area contributed by atoms with E-state index in [9.17, 15) is 9.18 Å². The fourth-order valence-corrected chi connectivity index (χ4v) is 4.31. The van der Waals surface area contributed by atoms with E-state index >= 15 is 0 Å². The number of thiazole rings is 1. The zero-order chi connectivity index (χ0) is 17.2. The maximum absolute atomic E-state index is 13.0. The van der Waals surface area contributed by atoms with Crippen molar-refractivity contribution in [1.29, 1.82) is 0 Å². The summed E-state index contributed by atoms with van der Waals surface area (Å²) in [5.41, 5.74) is 1.41. The Kier molecular flexibility index (Phi) is 4.53. The number of imidazole rings is 1. The Bertz CT molecular complexity index is 844. The average molecular weight is 357 g/mol. The monoisotopic (exact) mass is 357 g/mol. The number of halogens is 1. The molecule has 6 heteroatoms. The summed E-state index contributed by atoms with van der Waals surface area (Å²) in [5, 5.41) is 3.13. The Labute approximate surface area is 149 Å². The molecular weight excluding hydrogens is 337 g/mol. The molecule has 0 saturated heterocycles. The predicted molar refractivity (Wildman–Crippen MR) is 97.4 cm³/mol. The topological polar surface area (TPSA) is 46.4 Å². The molecule has 0 aliphatic heterocycles. The van der Waals surface area contributed by atoms with E-state index in [2.05, 4.69) is 10.3 Å². The van der Waals surface area contributed by atoms with Gasteiger partial charge in [-0.15, -0.1) is 0 Å². The van der Waals surface area contributed by atoms with Crippen molar-refractivity contribution in [3.05, 3.63) is 48.2 Å². The summed E-state index contributed by atoms with van der Waals surface area (Å²) in [5.74, 6) is -0.339. The van der Waals surface area contributed by atoms with E-state index in [0.29, 0.717) is 5.69 Å². The van der Waals surface area contributed by atoms with Crippen LogP contribution in [0.3, 0.4) is 0 Å². The highest BCUT2D eigenvalue weighted by Crippen LogP contribution is 2.28. The molecule has 0 bridgehead atoms. The molecule has 1 aliphatic carbocycles. The Morgan fingerprint density at radius 2 is 1.84 bits per heavy atom. The molecule has 4 rings (SSSR count). The minimum Gasteiger partial charge on any atom is -0.348 e. The quantitative estimate of drug-likeness (QED) is 0.693. The van der Waals surface area contributed by atoms with Crippen molar-refractivity contribution < 1.29 is 9.18 Å². The first-order valence-corrected chi connectivity index (χ1v) is 9.56. The fraction of sp³-hybridized carbons (Fsp3) is 0.368. The molecule has 1 saturated carbocycles. The van der Waals surface area contributed by atoms with Crippen molar-refractivity contribution >= 4 is 22.2 Å². The van der Waals surface area contributed by atoms with Crippen LogP contribution in [-0.2, 0) is 0 Å². The van der Waals surface area contributed by atoms with Gasteiger partial charge in [0.15, 0.2) is 4.96 Å². The van der Waals surface area contributed by atoms with Crippen LogP contribution in [0.15, 0.2) is 36.7 Å². The Hall–Kier alpha value is -2.21. The highest BCUT2D eigenvalue weighted by atomic mass is 32.1. The van der Waals surface area contributed by atoms with E-state index in [-0.39, 0.29) is 17.8 Å². The summed E-state index contributed by atoms with van der Waals surface area (Å²) in [7, 11) is 0. The van der Waals surface area contributed by atoms with Crippen molar-refractivity contribution in [2.75, 3.05) is 0 Å². The number of benzene rings is 1. The number of carbonyl (C=O) groups excluding carboxylic acids is 1. The third kappa shape index (κ3) is 3.58. The fourth-order valence-electron chi connectivity index (χ4n) is 3.34. The van der Waals surface area contributed by atoms with Crippen molar-refractivity contribution in [1.82, 2.24) is 14.7 Å². The van der Waals surface area contributed by atoms with Crippen LogP contribution in [0.25, 0.3) is 15.4 Å². The maximum Gasteiger partial charge on any atom is 0.271 e. The molecule has 1 fully saturated rings. The lowest BCUT2D eigenvalue weighted by Gasteiger charge is -2.14. The lowest BCUT2D eigenvalue weighted by atomic mass is 10.1. The molecule has 0 radical (unpaired) electrons. The maximum atomic E-state index is 13.0. The average Bonchev–Trinajstić information content (AvgIpc) is 3.07. The molecule has 1 amide bonds. The molecule has 0 unspecified atom stereocenters. The molecule has 0 atom stereocenters. The van der Waals surface area contributed by atoms with E-state index in [1.807, 2.05) is 10.6 Å². The first-order valence-electron chi connectivity index (χ1n) is 8.74. The van der Waals surface area contributed by atoms with Gasteiger partial charge in [0.05, 0.1) is 4.88 Å². The smallest absolute Gasteiger partial charge is 0.271 e. The van der Waals surface area contributed by atoms with Gasteiger partial charge in [0.25, 0.3) is 5.91 Å². The predicted octanol–water partition coefficient (Wildman–Crippen LogP) is 4.65. The summed E-state index contributed by atoms with van der Waals surface area (Å²) in [6, 6.07) is 6.66. The number of nitrogens with one attached hydrogen (secondary N) is 1. The standard InChI is InChI=1S/C19H20FN3OS/c20-14-9-7-13(8-10-14)17-12-23-11-16(22-19(23)25-17)18(24)21-15-5-3-1-2-4-6-15/h7-12,15H,1-6H2,(H,21,24). The Morgan fingerprint density at radius 3 is 2.52 bits per heavy atom. The normalized spacial score (nSPS) is 16.0. The second-order valence-electron chi connectivity index (χ2n) is 6.58. The van der Waals surface area contributed by atoms with Gasteiger partial charge in [0, 0.05) is 18.4 Å². The van der Waals surface area contributed by atoms with E-state index in [0.717, 1.165) is 28.2 Å². The van der Waals surface area contributed by atoms with Gasteiger partial charge in [-0.05, 0) is 30.5 Å². The van der Waals surface area contributed by atoms with Crippen LogP contribution < -0.4 is 5.32 Å². The van der Waals surface area contributed by atoms with Crippen LogP contribution in [0.5, 0.6) is 0 Å². The number of hydrogen-bond acceptors (Lipinski definition) is 3. The third-order valence-electron chi connectivity index (χ3n) is 4.71. The molecular formula is C19H20FN3OS. The van der Waals surface area contributed by atoms with Crippen LogP contribution in [-0.4, -0.2) is 21.3 Å². The molecule has 130 valence electrons. The third-order valence-corrected chi connectivity index (χ3v) is 5.75. The molecule has 1 N–H and O–H groups in total. The molecule has 1 aromatic carbocycles. The van der Waals surface area contributed by atoms with Crippen molar-refractivity contribution in [2.45, 2.75) is 44.6 Å². The van der Waals surface area contributed by atoms with Gasteiger partial charge in [0.2, 0.25) is 0 Å². The Morgan fingerprint density at radius 1 is 1.12 bits per heavy atom. The van der Waals surface area contributed by atoms with Crippen molar-refractivity contribution in [3.63, 3.8) is 0 Å². The summed E-state index contributed by atoms with van der Waals surface area (Å²) < 4.78 is 14.9. The van der Waals surface area contributed by atoms with Crippen LogP contribution >= 0.6 is 11.3 Å². The molecule has 4 nitrogen and oxygen atoms in total. The lowest BCUT2D eigenvalue weighted by molar-refractivity contribution is 0.0929. The Balaban J connectivity index is 1.50. The van der Waals surface area contributed by atoms with Gasteiger partial charge >= 0.3 is 0 Å². The minimum absolute atomic E-state index is 0.0915. The number of fused-ring (bicyclic) bond motifs is 1. The summed E-state index contributed by atoms with van der Waals surface area (Å²) in [6.45, 7) is 0. The van der Waals surface area contributed by atoms with Crippen LogP contribution in [0, 0.1) is 5.82 Å². The number of rotatable bonds is 3. The minimum atomic E-state index is -0.248. The van der Waals surface area contributed by atoms with E-state index in [4.69, 9.17) is 0 Å². The molecule has 2 heterocycles. The van der Waals surface area contributed by atoms with Gasteiger partial charge in [-0.3, -0.25) is 9.20 Å². The summed E-state index contributed by atoms with van der Waals surface area (Å²) >= 11 is 1.49. The second kappa shape index (κ2) is 6.96. The number of carbonyl (C=O) groups is 1. The van der Waals surface area contributed by atoms with Gasteiger partial charge in [-0.25, -0.2) is 9.37 Å². The summed E-state index contributed by atoms with van der Waals surface area (Å²) in [4.78, 5) is 18.7. The van der Waals surface area contributed by atoms with E-state index in [1.165, 1.54) is 49.2 Å². The van der Waals surface area contributed by atoms with Crippen molar-refractivity contribution in [2.24, 2.45) is 0 Å². The first kappa shape index (κ1) is 16.3. The molecule has 25 heavy (non-hydrogen) atoms. The zero-order valence-electron chi connectivity index (χ0n) is 13.9. The van der Waals surface area contributed by atoms with E-state index in [1.54, 1.807) is 18.3 Å². The molecule has 0 spiro atoms. The highest BCUT2D eigenvalue weighted by molar-refractivity contribution is 7.20. The van der Waals surface area contributed by atoms with E-state index < -0.39 is 0 Å². The van der Waals surface area contributed by atoms with Crippen LogP contribution in [0.1, 0.15) is 49.0 Å². The number of hydrogen-bond donors (Lipinski definition) is 1. The van der Waals surface area contributed by atoms with Gasteiger partial charge in [0.1, 0.15) is 11.5 Å². The summed E-state index contributed by atoms with van der Waals surface area (Å²) in [6.07, 6.45) is 10.7. The molecule has 2 aromatic heterocycles. The SMILES string of the molecule is O=C(NC1CCCCCC1)c1cn2cc(-c3ccc(F)cc3)sc2n1. The molecule has 1 aliphatic rings.